The highest BCUT2D eigenvalue weighted by atomic mass is 28.4. The average Bonchev–Trinajstić information content (AvgIpc) is 2.85. The first-order chi connectivity index (χ1) is 10.9. The van der Waals surface area contributed by atoms with Gasteiger partial charge in [0.25, 0.3) is 6.43 Å². The molecule has 2 aliphatic heterocycles. The number of halogens is 2. The molecule has 2 aliphatic rings. The summed E-state index contributed by atoms with van der Waals surface area (Å²) in [6.45, 7) is 6.45. The van der Waals surface area contributed by atoms with Crippen molar-refractivity contribution in [1.82, 2.24) is 10.2 Å². The van der Waals surface area contributed by atoms with Crippen LogP contribution in [0.3, 0.4) is 0 Å². The van der Waals surface area contributed by atoms with Crippen LogP contribution in [-0.2, 0) is 4.43 Å². The topological polar surface area (TPSA) is 61.8 Å². The standard InChI is InChI=1S/C15H28F2N2O3Si/c1-4-23(5-2,6-3)22-13(14(16)17)12-11-8-7-10(9-18-12)19(11)15(20)21/h10-14,18H,4-9H2,1-3H3,(H,20,21)/t10-,11+,12+,13+/m1/s1. The van der Waals surface area contributed by atoms with Crippen LogP contribution < -0.4 is 5.32 Å². The van der Waals surface area contributed by atoms with Crippen molar-refractivity contribution in [2.24, 2.45) is 0 Å². The molecule has 0 radical (unpaired) electrons. The number of hydrogen-bond donors (Lipinski definition) is 2. The zero-order valence-corrected chi connectivity index (χ0v) is 15.1. The number of alkyl halides is 2. The lowest BCUT2D eigenvalue weighted by atomic mass is 10.00. The first-order valence-electron chi connectivity index (χ1n) is 8.59. The number of carbonyl (C=O) groups is 1. The molecule has 0 aliphatic carbocycles. The van der Waals surface area contributed by atoms with E-state index in [9.17, 15) is 18.7 Å². The van der Waals surface area contributed by atoms with Crippen molar-refractivity contribution >= 4 is 14.4 Å². The molecule has 4 atom stereocenters. The summed E-state index contributed by atoms with van der Waals surface area (Å²) in [5.41, 5.74) is 0. The van der Waals surface area contributed by atoms with Crippen LogP contribution in [0.25, 0.3) is 0 Å². The van der Waals surface area contributed by atoms with E-state index in [0.717, 1.165) is 24.6 Å². The number of amides is 1. The number of hydrogen-bond acceptors (Lipinski definition) is 3. The molecule has 2 bridgehead atoms. The highest BCUT2D eigenvalue weighted by Crippen LogP contribution is 2.35. The lowest BCUT2D eigenvalue weighted by molar-refractivity contribution is -0.0419. The summed E-state index contributed by atoms with van der Waals surface area (Å²) in [5.74, 6) is 0. The first-order valence-corrected chi connectivity index (χ1v) is 11.1. The van der Waals surface area contributed by atoms with Gasteiger partial charge in [-0.3, -0.25) is 4.90 Å². The molecule has 134 valence electrons. The van der Waals surface area contributed by atoms with Gasteiger partial charge < -0.3 is 14.8 Å². The van der Waals surface area contributed by atoms with Crippen LogP contribution in [0.2, 0.25) is 18.1 Å². The zero-order valence-electron chi connectivity index (χ0n) is 14.1. The molecule has 0 saturated carbocycles. The van der Waals surface area contributed by atoms with Crippen LogP contribution in [0.1, 0.15) is 33.6 Å². The Morgan fingerprint density at radius 3 is 2.39 bits per heavy atom. The molecule has 2 saturated heterocycles. The Morgan fingerprint density at radius 1 is 1.30 bits per heavy atom. The molecule has 0 aromatic carbocycles. The zero-order chi connectivity index (χ0) is 17.2. The number of nitrogens with one attached hydrogen (secondary N) is 1. The molecular formula is C15H28F2N2O3Si. The monoisotopic (exact) mass is 350 g/mol. The number of piperazine rings is 1. The third-order valence-corrected chi connectivity index (χ3v) is 10.3. The summed E-state index contributed by atoms with van der Waals surface area (Å²) in [7, 11) is -2.19. The molecule has 5 nitrogen and oxygen atoms in total. The van der Waals surface area contributed by atoms with Gasteiger partial charge in [-0.25, -0.2) is 13.6 Å². The lowest BCUT2D eigenvalue weighted by Crippen LogP contribution is -2.65. The van der Waals surface area contributed by atoms with Crippen molar-refractivity contribution in [1.29, 1.82) is 0 Å². The van der Waals surface area contributed by atoms with Gasteiger partial charge >= 0.3 is 6.09 Å². The van der Waals surface area contributed by atoms with Gasteiger partial charge in [-0.1, -0.05) is 20.8 Å². The van der Waals surface area contributed by atoms with Crippen LogP contribution in [0.15, 0.2) is 0 Å². The van der Waals surface area contributed by atoms with Gasteiger partial charge in [0.05, 0.1) is 12.1 Å². The van der Waals surface area contributed by atoms with E-state index in [2.05, 4.69) is 5.32 Å². The predicted octanol–water partition coefficient (Wildman–Crippen LogP) is 3.12. The minimum atomic E-state index is -2.61. The van der Waals surface area contributed by atoms with Crippen LogP contribution in [0, 0.1) is 0 Å². The van der Waals surface area contributed by atoms with Crippen LogP contribution >= 0.6 is 0 Å². The molecule has 8 heteroatoms. The third kappa shape index (κ3) is 3.53. The maximum absolute atomic E-state index is 13.8. The predicted molar refractivity (Wildman–Crippen MR) is 86.5 cm³/mol. The fourth-order valence-corrected chi connectivity index (χ4v) is 6.90. The summed E-state index contributed by atoms with van der Waals surface area (Å²) in [5, 5.41) is 12.6. The summed E-state index contributed by atoms with van der Waals surface area (Å²) < 4.78 is 33.6. The number of carboxylic acid groups (broad SMARTS) is 1. The summed E-state index contributed by atoms with van der Waals surface area (Å²) >= 11 is 0. The molecule has 23 heavy (non-hydrogen) atoms. The Labute approximate surface area is 137 Å². The maximum atomic E-state index is 13.8. The fourth-order valence-electron chi connectivity index (χ4n) is 4.08. The molecule has 0 unspecified atom stereocenters. The second-order valence-corrected chi connectivity index (χ2v) is 11.3. The van der Waals surface area contributed by atoms with E-state index in [1.165, 1.54) is 4.90 Å². The second-order valence-electron chi connectivity index (χ2n) is 6.58. The van der Waals surface area contributed by atoms with E-state index in [1.807, 2.05) is 20.8 Å². The molecule has 1 amide bonds. The van der Waals surface area contributed by atoms with Gasteiger partial charge in [-0.15, -0.1) is 0 Å². The maximum Gasteiger partial charge on any atom is 0.407 e. The van der Waals surface area contributed by atoms with Crippen molar-refractivity contribution in [3.05, 3.63) is 0 Å². The van der Waals surface area contributed by atoms with E-state index in [-0.39, 0.29) is 6.04 Å². The summed E-state index contributed by atoms with van der Waals surface area (Å²) in [6, 6.07) is 1.25. The quantitative estimate of drug-likeness (QED) is 0.693. The highest BCUT2D eigenvalue weighted by Gasteiger charge is 2.51. The Balaban J connectivity index is 2.22. The molecule has 2 N–H and O–H groups in total. The second kappa shape index (κ2) is 7.44. The molecule has 0 spiro atoms. The SMILES string of the molecule is CC[Si](CC)(CC)O[C@H](C(F)F)[C@H]1NC[C@H]2CC[C@@H]1N2C(=O)O. The van der Waals surface area contributed by atoms with Crippen LogP contribution in [0.5, 0.6) is 0 Å². The van der Waals surface area contributed by atoms with Gasteiger partial charge in [-0.2, -0.15) is 0 Å². The molecule has 2 heterocycles. The van der Waals surface area contributed by atoms with Crippen LogP contribution in [-0.4, -0.2) is 61.6 Å². The Bertz CT molecular complexity index is 415. The molecule has 0 aromatic heterocycles. The highest BCUT2D eigenvalue weighted by molar-refractivity contribution is 6.73. The van der Waals surface area contributed by atoms with Crippen LogP contribution in [0.4, 0.5) is 13.6 Å². The van der Waals surface area contributed by atoms with Crippen molar-refractivity contribution in [2.75, 3.05) is 6.54 Å². The fraction of sp³-hybridized carbons (Fsp3) is 0.933. The van der Waals surface area contributed by atoms with Gasteiger partial charge in [0.2, 0.25) is 0 Å². The Morgan fingerprint density at radius 2 is 1.91 bits per heavy atom. The number of rotatable bonds is 7. The lowest BCUT2D eigenvalue weighted by Gasteiger charge is -2.44. The number of nitrogens with zero attached hydrogens (tertiary/aromatic N) is 1. The number of fused-ring (bicyclic) bond motifs is 2. The summed E-state index contributed by atoms with van der Waals surface area (Å²) in [4.78, 5) is 12.9. The van der Waals surface area contributed by atoms with Crippen molar-refractivity contribution in [3.63, 3.8) is 0 Å². The summed E-state index contributed by atoms with van der Waals surface area (Å²) in [6.07, 6.45) is -3.50. The minimum absolute atomic E-state index is 0.0994. The third-order valence-electron chi connectivity index (χ3n) is 5.69. The van der Waals surface area contributed by atoms with Gasteiger partial charge in [0.1, 0.15) is 6.10 Å². The van der Waals surface area contributed by atoms with Crippen molar-refractivity contribution in [2.45, 2.75) is 82.4 Å². The Kier molecular flexibility index (Phi) is 6.02. The molecule has 0 aromatic rings. The van der Waals surface area contributed by atoms with Gasteiger partial charge in [0.15, 0.2) is 8.32 Å². The molecule has 2 fully saturated rings. The first kappa shape index (κ1) is 18.6. The van der Waals surface area contributed by atoms with E-state index in [1.54, 1.807) is 0 Å². The van der Waals surface area contributed by atoms with E-state index in [4.69, 9.17) is 4.43 Å². The largest absolute Gasteiger partial charge is 0.465 e. The van der Waals surface area contributed by atoms with E-state index >= 15 is 0 Å². The smallest absolute Gasteiger partial charge is 0.407 e. The molecular weight excluding hydrogens is 322 g/mol. The Hall–Kier alpha value is -0.733. The normalized spacial score (nSPS) is 29.1. The van der Waals surface area contributed by atoms with E-state index < -0.39 is 39.0 Å². The minimum Gasteiger partial charge on any atom is -0.465 e. The van der Waals surface area contributed by atoms with Gasteiger partial charge in [0, 0.05) is 12.6 Å². The molecule has 2 rings (SSSR count). The average molecular weight is 350 g/mol. The van der Waals surface area contributed by atoms with Gasteiger partial charge in [-0.05, 0) is 31.0 Å². The van der Waals surface area contributed by atoms with Crippen molar-refractivity contribution < 1.29 is 23.1 Å². The van der Waals surface area contributed by atoms with Crippen molar-refractivity contribution in [3.8, 4) is 0 Å². The van der Waals surface area contributed by atoms with E-state index in [0.29, 0.717) is 13.0 Å².